The number of anilines is 1. The molecule has 1 atom stereocenters. The van der Waals surface area contributed by atoms with Crippen LogP contribution in [0.4, 0.5) is 10.1 Å². The van der Waals surface area contributed by atoms with Crippen LogP contribution in [0.1, 0.15) is 18.9 Å². The van der Waals surface area contributed by atoms with Gasteiger partial charge >= 0.3 is 0 Å². The van der Waals surface area contributed by atoms with E-state index in [9.17, 15) is 14.0 Å². The first kappa shape index (κ1) is 20.0. The van der Waals surface area contributed by atoms with Gasteiger partial charge in [0.2, 0.25) is 11.8 Å². The van der Waals surface area contributed by atoms with E-state index in [1.165, 1.54) is 24.3 Å². The molecule has 2 N–H and O–H groups in total. The Morgan fingerprint density at radius 2 is 1.79 bits per heavy atom. The summed E-state index contributed by atoms with van der Waals surface area (Å²) in [5.74, 6) is -1.24. The van der Waals surface area contributed by atoms with Crippen molar-refractivity contribution >= 4 is 51.7 Å². The van der Waals surface area contributed by atoms with E-state index in [4.69, 9.17) is 17.3 Å². The quantitative estimate of drug-likeness (QED) is 0.355. The number of thioether (sulfide) groups is 1. The second-order valence-corrected chi connectivity index (χ2v) is 7.64. The fourth-order valence-corrected chi connectivity index (χ4v) is 3.54. The lowest BCUT2D eigenvalue weighted by Crippen LogP contribution is -2.31. The van der Waals surface area contributed by atoms with Gasteiger partial charge in [0.25, 0.3) is 0 Å². The number of carbonyl (C=O) groups excluding carboxylic acids is 2. The molecule has 1 aliphatic heterocycles. The molecule has 3 rings (SSSR count). The molecule has 0 aromatic heterocycles. The lowest BCUT2D eigenvalue weighted by atomic mass is 10.1. The lowest BCUT2D eigenvalue weighted by molar-refractivity contribution is -0.121. The topological polar surface area (TPSA) is 88.1 Å². The van der Waals surface area contributed by atoms with Crippen LogP contribution in [0.15, 0.2) is 58.7 Å². The van der Waals surface area contributed by atoms with Gasteiger partial charge in [-0.25, -0.2) is 9.29 Å². The van der Waals surface area contributed by atoms with E-state index in [0.717, 1.165) is 22.2 Å². The first-order chi connectivity index (χ1) is 13.3. The predicted octanol–water partition coefficient (Wildman–Crippen LogP) is 3.58. The second kappa shape index (κ2) is 8.53. The minimum Gasteiger partial charge on any atom is -0.377 e. The zero-order valence-electron chi connectivity index (χ0n) is 14.8. The number of benzene rings is 2. The molecule has 1 aliphatic rings. The summed E-state index contributed by atoms with van der Waals surface area (Å²) >= 11 is 6.83. The highest BCUT2D eigenvalue weighted by atomic mass is 35.5. The molecule has 1 saturated heterocycles. The van der Waals surface area contributed by atoms with Crippen LogP contribution in [0.2, 0.25) is 5.02 Å². The Bertz CT molecular complexity index is 961. The highest BCUT2D eigenvalue weighted by Crippen LogP contribution is 2.29. The van der Waals surface area contributed by atoms with Crippen LogP contribution in [0, 0.1) is 5.82 Å². The summed E-state index contributed by atoms with van der Waals surface area (Å²) in [6, 6.07) is 12.3. The summed E-state index contributed by atoms with van der Waals surface area (Å²) < 4.78 is 13.1. The maximum absolute atomic E-state index is 13.1. The number of imide groups is 1. The van der Waals surface area contributed by atoms with Crippen LogP contribution in [0.5, 0.6) is 0 Å². The van der Waals surface area contributed by atoms with Gasteiger partial charge in [-0.05, 0) is 48.9 Å². The van der Waals surface area contributed by atoms with Crippen molar-refractivity contribution in [2.45, 2.75) is 18.6 Å². The van der Waals surface area contributed by atoms with Gasteiger partial charge in [0.15, 0.2) is 5.17 Å². The van der Waals surface area contributed by atoms with Crippen molar-refractivity contribution in [3.63, 3.8) is 0 Å². The van der Waals surface area contributed by atoms with Crippen molar-refractivity contribution in [3.05, 3.63) is 64.9 Å². The second-order valence-electron chi connectivity index (χ2n) is 5.98. The van der Waals surface area contributed by atoms with Gasteiger partial charge in [-0.15, -0.1) is 5.10 Å². The molecule has 2 amide bonds. The Hall–Kier alpha value is -2.71. The lowest BCUT2D eigenvalue weighted by Gasteiger charge is -2.14. The minimum atomic E-state index is -0.702. The standard InChI is InChI=1S/C19H16ClFN4O2S/c1-11(12-2-4-13(20)5-3-12)23-24-19(22)28-16-10-17(26)25(18(16)27)15-8-6-14(21)7-9-15/h2-9,16H,10H2,1H3,(H2,22,24)/b23-11+. The molecule has 0 bridgehead atoms. The number of nitrogens with zero attached hydrogens (tertiary/aromatic N) is 3. The van der Waals surface area contributed by atoms with Crippen molar-refractivity contribution in [2.75, 3.05) is 4.90 Å². The molecule has 0 radical (unpaired) electrons. The number of nitrogens with two attached hydrogens (primary N) is 1. The van der Waals surface area contributed by atoms with Gasteiger partial charge in [-0.2, -0.15) is 5.10 Å². The summed E-state index contributed by atoms with van der Waals surface area (Å²) in [6.07, 6.45) is -0.0169. The monoisotopic (exact) mass is 418 g/mol. The van der Waals surface area contributed by atoms with Gasteiger partial charge in [-0.3, -0.25) is 9.59 Å². The Morgan fingerprint density at radius 1 is 1.14 bits per heavy atom. The molecule has 1 unspecified atom stereocenters. The Kier molecular flexibility index (Phi) is 6.11. The largest absolute Gasteiger partial charge is 0.377 e. The number of rotatable bonds is 4. The molecular formula is C19H16ClFN4O2S. The van der Waals surface area contributed by atoms with Crippen LogP contribution in [-0.4, -0.2) is 27.9 Å². The molecule has 2 aromatic carbocycles. The predicted molar refractivity (Wildman–Crippen MR) is 110 cm³/mol. The molecule has 2 aromatic rings. The summed E-state index contributed by atoms with van der Waals surface area (Å²) in [4.78, 5) is 25.8. The van der Waals surface area contributed by atoms with Gasteiger partial charge in [0.1, 0.15) is 11.1 Å². The van der Waals surface area contributed by atoms with E-state index in [0.29, 0.717) is 16.4 Å². The Balaban J connectivity index is 1.69. The molecule has 1 fully saturated rings. The Labute approximate surface area is 170 Å². The van der Waals surface area contributed by atoms with Crippen molar-refractivity contribution < 1.29 is 14.0 Å². The number of hydrogen-bond donors (Lipinski definition) is 1. The van der Waals surface area contributed by atoms with E-state index in [-0.39, 0.29) is 17.5 Å². The highest BCUT2D eigenvalue weighted by molar-refractivity contribution is 8.14. The minimum absolute atomic E-state index is 0.0169. The molecule has 9 heteroatoms. The summed E-state index contributed by atoms with van der Waals surface area (Å²) in [6.45, 7) is 1.77. The fourth-order valence-electron chi connectivity index (χ4n) is 2.60. The van der Waals surface area contributed by atoms with Crippen molar-refractivity contribution in [3.8, 4) is 0 Å². The van der Waals surface area contributed by atoms with E-state index in [2.05, 4.69) is 10.2 Å². The van der Waals surface area contributed by atoms with E-state index >= 15 is 0 Å². The first-order valence-corrected chi connectivity index (χ1v) is 9.53. The van der Waals surface area contributed by atoms with Crippen molar-refractivity contribution in [1.82, 2.24) is 0 Å². The van der Waals surface area contributed by atoms with Crippen molar-refractivity contribution in [1.29, 1.82) is 0 Å². The zero-order valence-corrected chi connectivity index (χ0v) is 16.4. The molecule has 28 heavy (non-hydrogen) atoms. The van der Waals surface area contributed by atoms with Crippen LogP contribution in [-0.2, 0) is 9.59 Å². The van der Waals surface area contributed by atoms with Crippen LogP contribution in [0.3, 0.4) is 0 Å². The first-order valence-electron chi connectivity index (χ1n) is 8.28. The van der Waals surface area contributed by atoms with E-state index < -0.39 is 17.0 Å². The molecule has 0 spiro atoms. The normalized spacial score (nSPS) is 18.1. The smallest absolute Gasteiger partial charge is 0.247 e. The SMILES string of the molecule is C/C(=N\N=C(/N)SC1CC(=O)N(c2ccc(F)cc2)C1=O)c1ccc(Cl)cc1. The van der Waals surface area contributed by atoms with Crippen LogP contribution < -0.4 is 10.6 Å². The average Bonchev–Trinajstić information content (AvgIpc) is 2.94. The number of hydrogen-bond acceptors (Lipinski definition) is 5. The summed E-state index contributed by atoms with van der Waals surface area (Å²) in [5.41, 5.74) is 7.66. The van der Waals surface area contributed by atoms with Gasteiger partial charge in [0, 0.05) is 11.4 Å². The van der Waals surface area contributed by atoms with Gasteiger partial charge in [0.05, 0.1) is 11.4 Å². The molecular weight excluding hydrogens is 403 g/mol. The summed E-state index contributed by atoms with van der Waals surface area (Å²) in [5, 5.41) is 7.98. The van der Waals surface area contributed by atoms with E-state index in [1.807, 2.05) is 0 Å². The van der Waals surface area contributed by atoms with Crippen LogP contribution in [0.25, 0.3) is 0 Å². The molecule has 6 nitrogen and oxygen atoms in total. The molecule has 0 aliphatic carbocycles. The maximum atomic E-state index is 13.1. The fraction of sp³-hybridized carbons (Fsp3) is 0.158. The molecule has 0 saturated carbocycles. The van der Waals surface area contributed by atoms with Crippen molar-refractivity contribution in [2.24, 2.45) is 15.9 Å². The highest BCUT2D eigenvalue weighted by Gasteiger charge is 2.40. The summed E-state index contributed by atoms with van der Waals surface area (Å²) in [7, 11) is 0. The zero-order chi connectivity index (χ0) is 20.3. The third-order valence-electron chi connectivity index (χ3n) is 4.01. The Morgan fingerprint density at radius 3 is 2.43 bits per heavy atom. The van der Waals surface area contributed by atoms with E-state index in [1.54, 1.807) is 31.2 Å². The number of carbonyl (C=O) groups is 2. The number of amides is 2. The average molecular weight is 419 g/mol. The third kappa shape index (κ3) is 4.58. The molecule has 1 heterocycles. The van der Waals surface area contributed by atoms with Gasteiger partial charge in [-0.1, -0.05) is 35.5 Å². The number of amidine groups is 1. The number of halogens is 2. The van der Waals surface area contributed by atoms with Crippen LogP contribution >= 0.6 is 23.4 Å². The molecule has 144 valence electrons. The third-order valence-corrected chi connectivity index (χ3v) is 5.24. The van der Waals surface area contributed by atoms with Gasteiger partial charge < -0.3 is 5.73 Å². The maximum Gasteiger partial charge on any atom is 0.247 e.